The first kappa shape index (κ1) is 12.0. The molecule has 3 heterocycles. The topological polar surface area (TPSA) is 82.3 Å². The van der Waals surface area contributed by atoms with Crippen molar-refractivity contribution < 1.29 is 14.0 Å². The van der Waals surface area contributed by atoms with Crippen LogP contribution in [-0.4, -0.2) is 28.5 Å². The Morgan fingerprint density at radius 2 is 2.05 bits per heavy atom. The molecule has 0 bridgehead atoms. The molecule has 0 amide bonds. The Kier molecular flexibility index (Phi) is 2.81. The minimum atomic E-state index is 0.263. The molecule has 7 nitrogen and oxygen atoms in total. The lowest BCUT2D eigenvalue weighted by Gasteiger charge is -2.08. The number of pyridine rings is 1. The van der Waals surface area contributed by atoms with Crippen molar-refractivity contribution in [2.45, 2.75) is 6.42 Å². The molecule has 3 aromatic rings. The molecule has 2 aromatic heterocycles. The molecular weight excluding hydrogens is 272 g/mol. The van der Waals surface area contributed by atoms with Gasteiger partial charge in [0.25, 0.3) is 0 Å². The molecule has 0 radical (unpaired) electrons. The molecular formula is C14H12N4O3. The quantitative estimate of drug-likeness (QED) is 0.784. The highest BCUT2D eigenvalue weighted by Gasteiger charge is 2.15. The first-order valence-corrected chi connectivity index (χ1v) is 6.58. The molecule has 1 aromatic carbocycles. The summed E-state index contributed by atoms with van der Waals surface area (Å²) < 4.78 is 15.8. The van der Waals surface area contributed by atoms with Gasteiger partial charge in [0, 0.05) is 24.5 Å². The van der Waals surface area contributed by atoms with Gasteiger partial charge >= 0.3 is 0 Å². The van der Waals surface area contributed by atoms with Crippen LogP contribution < -0.4 is 14.8 Å². The lowest BCUT2D eigenvalue weighted by molar-refractivity contribution is 0.174. The minimum absolute atomic E-state index is 0.263. The molecule has 4 rings (SSSR count). The maximum atomic E-state index is 5.41. The van der Waals surface area contributed by atoms with E-state index in [4.69, 9.17) is 14.0 Å². The Bertz CT molecular complexity index is 773. The van der Waals surface area contributed by atoms with Crippen LogP contribution in [0, 0.1) is 0 Å². The van der Waals surface area contributed by atoms with Gasteiger partial charge in [0.05, 0.1) is 0 Å². The van der Waals surface area contributed by atoms with Crippen molar-refractivity contribution in [2.24, 2.45) is 0 Å². The molecule has 0 aliphatic carbocycles. The Balaban J connectivity index is 1.59. The normalized spacial score (nSPS) is 12.8. The third-order valence-corrected chi connectivity index (χ3v) is 3.30. The van der Waals surface area contributed by atoms with Crippen molar-refractivity contribution in [1.29, 1.82) is 0 Å². The molecule has 21 heavy (non-hydrogen) atoms. The summed E-state index contributed by atoms with van der Waals surface area (Å²) in [4.78, 5) is 8.36. The molecule has 0 spiro atoms. The summed E-state index contributed by atoms with van der Waals surface area (Å²) in [6, 6.07) is 5.85. The van der Waals surface area contributed by atoms with Crippen LogP contribution in [0.1, 0.15) is 5.89 Å². The average Bonchev–Trinajstić information content (AvgIpc) is 3.16. The van der Waals surface area contributed by atoms with Gasteiger partial charge in [-0.25, -0.2) is 4.98 Å². The van der Waals surface area contributed by atoms with Crippen LogP contribution in [0.4, 0.5) is 5.82 Å². The summed E-state index contributed by atoms with van der Waals surface area (Å²) in [5.41, 5.74) is 0. The van der Waals surface area contributed by atoms with E-state index < -0.39 is 0 Å². The number of hydrogen-bond acceptors (Lipinski definition) is 7. The van der Waals surface area contributed by atoms with Crippen molar-refractivity contribution in [3.63, 3.8) is 0 Å². The number of hydrogen-bond donors (Lipinski definition) is 1. The number of benzene rings is 1. The molecule has 0 atom stereocenters. The monoisotopic (exact) mass is 284 g/mol. The average molecular weight is 284 g/mol. The first-order chi connectivity index (χ1) is 10.4. The van der Waals surface area contributed by atoms with Crippen LogP contribution in [-0.2, 0) is 6.42 Å². The van der Waals surface area contributed by atoms with Gasteiger partial charge in [-0.05, 0) is 23.6 Å². The van der Waals surface area contributed by atoms with Crippen LogP contribution >= 0.6 is 0 Å². The summed E-state index contributed by atoms with van der Waals surface area (Å²) in [5.74, 6) is 2.91. The SMILES string of the molecule is c1noc(CCNc2nccc3cc4c(cc23)OCO4)n1. The predicted octanol–water partition coefficient (Wildman–Crippen LogP) is 2.00. The van der Waals surface area contributed by atoms with Gasteiger partial charge in [-0.2, -0.15) is 4.98 Å². The summed E-state index contributed by atoms with van der Waals surface area (Å²) in [6.45, 7) is 0.918. The standard InChI is InChI=1S/C14H12N4O3/c1-3-15-14(16-4-2-13-17-7-18-21-13)10-6-12-11(5-9(1)10)19-8-20-12/h1,3,5-7H,2,4,8H2,(H,15,16). The molecule has 1 N–H and O–H groups in total. The third kappa shape index (κ3) is 2.22. The van der Waals surface area contributed by atoms with E-state index in [-0.39, 0.29) is 6.79 Å². The lowest BCUT2D eigenvalue weighted by atomic mass is 10.1. The Morgan fingerprint density at radius 3 is 2.90 bits per heavy atom. The van der Waals surface area contributed by atoms with E-state index in [2.05, 4.69) is 20.4 Å². The smallest absolute Gasteiger partial charge is 0.231 e. The van der Waals surface area contributed by atoms with Gasteiger partial charge in [0.15, 0.2) is 17.8 Å². The Hall–Kier alpha value is -2.83. The maximum absolute atomic E-state index is 5.41. The van der Waals surface area contributed by atoms with E-state index >= 15 is 0 Å². The highest BCUT2D eigenvalue weighted by molar-refractivity contribution is 5.94. The molecule has 0 saturated heterocycles. The largest absolute Gasteiger partial charge is 0.454 e. The Morgan fingerprint density at radius 1 is 1.14 bits per heavy atom. The second-order valence-corrected chi connectivity index (χ2v) is 4.60. The number of rotatable bonds is 4. The lowest BCUT2D eigenvalue weighted by Crippen LogP contribution is -2.06. The highest BCUT2D eigenvalue weighted by Crippen LogP contribution is 2.37. The van der Waals surface area contributed by atoms with Crippen molar-refractivity contribution >= 4 is 16.6 Å². The van der Waals surface area contributed by atoms with E-state index in [0.717, 1.165) is 28.1 Å². The van der Waals surface area contributed by atoms with Gasteiger partial charge in [-0.1, -0.05) is 5.16 Å². The van der Waals surface area contributed by atoms with Gasteiger partial charge in [0.1, 0.15) is 5.82 Å². The molecule has 1 aliphatic heterocycles. The van der Waals surface area contributed by atoms with Crippen LogP contribution in [0.15, 0.2) is 35.2 Å². The fourth-order valence-corrected chi connectivity index (χ4v) is 2.30. The van der Waals surface area contributed by atoms with Crippen LogP contribution in [0.5, 0.6) is 11.5 Å². The predicted molar refractivity (Wildman–Crippen MR) is 74.4 cm³/mol. The van der Waals surface area contributed by atoms with Crippen molar-refractivity contribution in [3.05, 3.63) is 36.6 Å². The summed E-state index contributed by atoms with van der Waals surface area (Å²) in [5, 5.41) is 8.90. The van der Waals surface area contributed by atoms with Gasteiger partial charge in [-0.3, -0.25) is 0 Å². The maximum Gasteiger partial charge on any atom is 0.231 e. The number of anilines is 1. The molecule has 1 aliphatic rings. The fourth-order valence-electron chi connectivity index (χ4n) is 2.30. The van der Waals surface area contributed by atoms with Crippen LogP contribution in [0.3, 0.4) is 0 Å². The van der Waals surface area contributed by atoms with E-state index in [0.29, 0.717) is 18.9 Å². The molecule has 7 heteroatoms. The van der Waals surface area contributed by atoms with E-state index in [9.17, 15) is 0 Å². The summed E-state index contributed by atoms with van der Waals surface area (Å²) >= 11 is 0. The molecule has 106 valence electrons. The van der Waals surface area contributed by atoms with Gasteiger partial charge < -0.3 is 19.3 Å². The molecule has 0 fully saturated rings. The molecule has 0 unspecified atom stereocenters. The molecule has 0 saturated carbocycles. The van der Waals surface area contributed by atoms with Gasteiger partial charge in [-0.15, -0.1) is 0 Å². The van der Waals surface area contributed by atoms with Crippen molar-refractivity contribution in [2.75, 3.05) is 18.7 Å². The van der Waals surface area contributed by atoms with Crippen LogP contribution in [0.25, 0.3) is 10.8 Å². The minimum Gasteiger partial charge on any atom is -0.454 e. The fraction of sp³-hybridized carbons (Fsp3) is 0.214. The van der Waals surface area contributed by atoms with E-state index in [1.54, 1.807) is 6.20 Å². The number of nitrogens with zero attached hydrogens (tertiary/aromatic N) is 3. The zero-order chi connectivity index (χ0) is 14.1. The first-order valence-electron chi connectivity index (χ1n) is 6.58. The zero-order valence-electron chi connectivity index (χ0n) is 11.1. The number of fused-ring (bicyclic) bond motifs is 2. The highest BCUT2D eigenvalue weighted by atomic mass is 16.7. The summed E-state index contributed by atoms with van der Waals surface area (Å²) in [6.07, 6.45) is 3.80. The third-order valence-electron chi connectivity index (χ3n) is 3.30. The number of ether oxygens (including phenoxy) is 2. The van der Waals surface area contributed by atoms with Crippen molar-refractivity contribution in [1.82, 2.24) is 15.1 Å². The van der Waals surface area contributed by atoms with Crippen molar-refractivity contribution in [3.8, 4) is 11.5 Å². The number of aromatic nitrogens is 3. The van der Waals surface area contributed by atoms with E-state index in [1.807, 2.05) is 18.2 Å². The van der Waals surface area contributed by atoms with Gasteiger partial charge in [0.2, 0.25) is 12.7 Å². The Labute approximate surface area is 119 Å². The second-order valence-electron chi connectivity index (χ2n) is 4.60. The summed E-state index contributed by atoms with van der Waals surface area (Å²) in [7, 11) is 0. The van der Waals surface area contributed by atoms with Crippen LogP contribution in [0.2, 0.25) is 0 Å². The zero-order valence-corrected chi connectivity index (χ0v) is 11.1. The second kappa shape index (κ2) is 4.93. The van der Waals surface area contributed by atoms with E-state index in [1.165, 1.54) is 6.33 Å². The number of nitrogens with one attached hydrogen (secondary N) is 1.